The molecule has 1 fully saturated rings. The second-order valence-electron chi connectivity index (χ2n) is 3.95. The first-order valence-electron chi connectivity index (χ1n) is 5.03. The highest BCUT2D eigenvalue weighted by atomic mass is 16.5. The molecule has 0 saturated carbocycles. The Bertz CT molecular complexity index is 348. The van der Waals surface area contributed by atoms with Gasteiger partial charge >= 0.3 is 0 Å². The van der Waals surface area contributed by atoms with Crippen molar-refractivity contribution < 1.29 is 9.84 Å². The average Bonchev–Trinajstić information content (AvgIpc) is 2.18. The maximum atomic E-state index is 9.72. The molecule has 0 radical (unpaired) electrons. The minimum absolute atomic E-state index is 0.287. The van der Waals surface area contributed by atoms with Gasteiger partial charge in [0.1, 0.15) is 11.5 Å². The highest BCUT2D eigenvalue weighted by molar-refractivity contribution is 5.39. The fraction of sp³-hybridized carbons (Fsp3) is 0.455. The van der Waals surface area contributed by atoms with Crippen LogP contribution in [0.5, 0.6) is 11.5 Å². The first kappa shape index (κ1) is 10.3. The van der Waals surface area contributed by atoms with Crippen molar-refractivity contribution in [2.45, 2.75) is 12.6 Å². The Morgan fingerprint density at radius 2 is 2.27 bits per heavy atom. The molecule has 4 heteroatoms. The third kappa shape index (κ3) is 2.22. The maximum absolute atomic E-state index is 9.72. The van der Waals surface area contributed by atoms with E-state index >= 15 is 0 Å². The van der Waals surface area contributed by atoms with Crippen LogP contribution in [0.1, 0.15) is 5.56 Å². The largest absolute Gasteiger partial charge is 0.507 e. The van der Waals surface area contributed by atoms with Gasteiger partial charge in [0.05, 0.1) is 7.11 Å². The third-order valence-electron chi connectivity index (χ3n) is 2.67. The number of phenolic OH excluding ortho intramolecular Hbond substituents is 1. The van der Waals surface area contributed by atoms with Gasteiger partial charge in [-0.2, -0.15) is 0 Å². The first-order valence-corrected chi connectivity index (χ1v) is 5.03. The Balaban J connectivity index is 2.02. The van der Waals surface area contributed by atoms with Gasteiger partial charge in [-0.15, -0.1) is 0 Å². The number of phenols is 1. The molecule has 1 aliphatic rings. The summed E-state index contributed by atoms with van der Waals surface area (Å²) >= 11 is 0. The van der Waals surface area contributed by atoms with Crippen molar-refractivity contribution in [2.75, 3.05) is 20.2 Å². The minimum atomic E-state index is 0.287. The Hall–Kier alpha value is -1.26. The van der Waals surface area contributed by atoms with E-state index in [2.05, 4.69) is 4.90 Å². The van der Waals surface area contributed by atoms with Gasteiger partial charge in [0.2, 0.25) is 0 Å². The zero-order chi connectivity index (χ0) is 10.8. The van der Waals surface area contributed by atoms with Gasteiger partial charge < -0.3 is 15.6 Å². The van der Waals surface area contributed by atoms with Crippen molar-refractivity contribution in [1.29, 1.82) is 0 Å². The number of hydrogen-bond acceptors (Lipinski definition) is 4. The van der Waals surface area contributed by atoms with E-state index in [0.29, 0.717) is 11.8 Å². The van der Waals surface area contributed by atoms with Crippen molar-refractivity contribution in [3.8, 4) is 11.5 Å². The monoisotopic (exact) mass is 208 g/mol. The van der Waals surface area contributed by atoms with E-state index in [1.807, 2.05) is 12.1 Å². The van der Waals surface area contributed by atoms with Crippen LogP contribution < -0.4 is 10.5 Å². The Kier molecular flexibility index (Phi) is 2.79. The number of aromatic hydroxyl groups is 1. The van der Waals surface area contributed by atoms with Crippen molar-refractivity contribution in [3.63, 3.8) is 0 Å². The molecule has 0 aliphatic carbocycles. The van der Waals surface area contributed by atoms with Crippen molar-refractivity contribution in [3.05, 3.63) is 23.8 Å². The second-order valence-corrected chi connectivity index (χ2v) is 3.95. The van der Waals surface area contributed by atoms with E-state index in [-0.39, 0.29) is 5.75 Å². The molecule has 0 amide bonds. The molecule has 1 aliphatic heterocycles. The van der Waals surface area contributed by atoms with Crippen LogP contribution in [0.2, 0.25) is 0 Å². The fourth-order valence-electron chi connectivity index (χ4n) is 1.78. The molecule has 15 heavy (non-hydrogen) atoms. The summed E-state index contributed by atoms with van der Waals surface area (Å²) in [5, 5.41) is 9.72. The molecule has 2 rings (SSSR count). The van der Waals surface area contributed by atoms with E-state index < -0.39 is 0 Å². The van der Waals surface area contributed by atoms with Gasteiger partial charge in [0.15, 0.2) is 0 Å². The number of hydrogen-bond donors (Lipinski definition) is 2. The van der Waals surface area contributed by atoms with Crippen molar-refractivity contribution in [1.82, 2.24) is 4.90 Å². The number of likely N-dealkylation sites (tertiary alicyclic amines) is 1. The highest BCUT2D eigenvalue weighted by Gasteiger charge is 2.23. The number of benzene rings is 1. The molecule has 0 aromatic heterocycles. The van der Waals surface area contributed by atoms with Crippen LogP contribution in [-0.4, -0.2) is 36.2 Å². The molecule has 0 unspecified atom stereocenters. The third-order valence-corrected chi connectivity index (χ3v) is 2.67. The van der Waals surface area contributed by atoms with E-state index in [1.54, 1.807) is 13.2 Å². The van der Waals surface area contributed by atoms with Gasteiger partial charge in [-0.25, -0.2) is 0 Å². The lowest BCUT2D eigenvalue weighted by molar-refractivity contribution is 0.141. The lowest BCUT2D eigenvalue weighted by atomic mass is 10.1. The fourth-order valence-corrected chi connectivity index (χ4v) is 1.78. The second kappa shape index (κ2) is 4.08. The lowest BCUT2D eigenvalue weighted by Crippen LogP contribution is -2.54. The zero-order valence-corrected chi connectivity index (χ0v) is 8.81. The summed E-state index contributed by atoms with van der Waals surface area (Å²) in [4.78, 5) is 2.20. The molecular formula is C11H16N2O2. The SMILES string of the molecule is COc1ccc(CN2CC(N)C2)c(O)c1. The number of nitrogens with two attached hydrogens (primary N) is 1. The van der Waals surface area contributed by atoms with Crippen LogP contribution in [0.4, 0.5) is 0 Å². The minimum Gasteiger partial charge on any atom is -0.507 e. The van der Waals surface area contributed by atoms with Crippen LogP contribution in [0.15, 0.2) is 18.2 Å². The molecule has 1 aromatic rings. The number of rotatable bonds is 3. The van der Waals surface area contributed by atoms with Gasteiger partial charge in [0.25, 0.3) is 0 Å². The van der Waals surface area contributed by atoms with Crippen LogP contribution >= 0.6 is 0 Å². The van der Waals surface area contributed by atoms with Gasteiger partial charge in [0, 0.05) is 37.3 Å². The van der Waals surface area contributed by atoms with Gasteiger partial charge in [-0.1, -0.05) is 6.07 Å². The smallest absolute Gasteiger partial charge is 0.123 e. The van der Waals surface area contributed by atoms with Crippen molar-refractivity contribution in [2.24, 2.45) is 5.73 Å². The summed E-state index contributed by atoms with van der Waals surface area (Å²) in [6.45, 7) is 2.57. The summed E-state index contributed by atoms with van der Waals surface area (Å²) in [5.74, 6) is 0.964. The summed E-state index contributed by atoms with van der Waals surface area (Å²) in [6, 6.07) is 5.67. The van der Waals surface area contributed by atoms with Crippen molar-refractivity contribution >= 4 is 0 Å². The highest BCUT2D eigenvalue weighted by Crippen LogP contribution is 2.25. The summed E-state index contributed by atoms with van der Waals surface area (Å²) < 4.78 is 5.02. The van der Waals surface area contributed by atoms with Gasteiger partial charge in [-0.3, -0.25) is 4.90 Å². The summed E-state index contributed by atoms with van der Waals surface area (Å²) in [5.41, 5.74) is 6.60. The summed E-state index contributed by atoms with van der Waals surface area (Å²) in [6.07, 6.45) is 0. The van der Waals surface area contributed by atoms with Crippen LogP contribution in [0.3, 0.4) is 0 Å². The van der Waals surface area contributed by atoms with Gasteiger partial charge in [-0.05, 0) is 6.07 Å². The molecule has 82 valence electrons. The molecule has 3 N–H and O–H groups in total. The molecule has 1 saturated heterocycles. The van der Waals surface area contributed by atoms with E-state index in [4.69, 9.17) is 10.5 Å². The number of ether oxygens (including phenoxy) is 1. The van der Waals surface area contributed by atoms with E-state index in [9.17, 15) is 5.11 Å². The first-order chi connectivity index (χ1) is 7.19. The number of nitrogens with zero attached hydrogens (tertiary/aromatic N) is 1. The molecular weight excluding hydrogens is 192 g/mol. The molecule has 4 nitrogen and oxygen atoms in total. The van der Waals surface area contributed by atoms with E-state index in [0.717, 1.165) is 25.2 Å². The van der Waals surface area contributed by atoms with Crippen LogP contribution in [0, 0.1) is 0 Å². The Morgan fingerprint density at radius 3 is 2.80 bits per heavy atom. The lowest BCUT2D eigenvalue weighted by Gasteiger charge is -2.36. The zero-order valence-electron chi connectivity index (χ0n) is 8.81. The topological polar surface area (TPSA) is 58.7 Å². The Labute approximate surface area is 89.3 Å². The normalized spacial score (nSPS) is 17.5. The average molecular weight is 208 g/mol. The van der Waals surface area contributed by atoms with Crippen LogP contribution in [-0.2, 0) is 6.54 Å². The predicted octanol–water partition coefficient (Wildman–Crippen LogP) is 0.544. The molecule has 0 spiro atoms. The molecule has 0 atom stereocenters. The van der Waals surface area contributed by atoms with Crippen LogP contribution in [0.25, 0.3) is 0 Å². The molecule has 1 heterocycles. The molecule has 0 bridgehead atoms. The molecule has 1 aromatic carbocycles. The standard InChI is InChI=1S/C11H16N2O2/c1-15-10-3-2-8(11(14)4-10)5-13-6-9(12)7-13/h2-4,9,14H,5-7,12H2,1H3. The maximum Gasteiger partial charge on any atom is 0.123 e. The summed E-state index contributed by atoms with van der Waals surface area (Å²) in [7, 11) is 1.59. The van der Waals surface area contributed by atoms with E-state index in [1.165, 1.54) is 0 Å². The Morgan fingerprint density at radius 1 is 1.53 bits per heavy atom. The number of methoxy groups -OCH3 is 1. The predicted molar refractivity (Wildman–Crippen MR) is 57.9 cm³/mol. The quantitative estimate of drug-likeness (QED) is 0.761.